The molecule has 0 fully saturated rings. The molecule has 2 aromatic heterocycles. The predicted molar refractivity (Wildman–Crippen MR) is 164 cm³/mol. The zero-order valence-electron chi connectivity index (χ0n) is 23.8. The summed E-state index contributed by atoms with van der Waals surface area (Å²) in [7, 11) is 0. The number of aryl methyl sites for hydroxylation is 2. The van der Waals surface area contributed by atoms with Crippen LogP contribution in [0.2, 0.25) is 0 Å². The maximum atomic E-state index is 4.78. The van der Waals surface area contributed by atoms with Gasteiger partial charge < -0.3 is 0 Å². The van der Waals surface area contributed by atoms with Gasteiger partial charge in [-0.15, -0.1) is 0 Å². The van der Waals surface area contributed by atoms with E-state index in [9.17, 15) is 0 Å². The maximum absolute atomic E-state index is 4.78. The Hall–Kier alpha value is -4.06. The highest BCUT2D eigenvalue weighted by Gasteiger charge is 2.12. The SMILES string of the molecule is CCCCCCc1ccc(-c2nc(-c3cccc(-c4n[nH]c(-c5ccc(CCCCCC)cc5)n4)c3)n[nH]2)cc1. The molecule has 2 N–H and O–H groups in total. The lowest BCUT2D eigenvalue weighted by Crippen LogP contribution is -1.88. The number of nitrogens with one attached hydrogen (secondary N) is 2. The van der Waals surface area contributed by atoms with Gasteiger partial charge in [-0.3, -0.25) is 10.2 Å². The largest absolute Gasteiger partial charge is 0.259 e. The number of aromatic nitrogens is 6. The van der Waals surface area contributed by atoms with E-state index >= 15 is 0 Å². The molecule has 3 aromatic carbocycles. The molecule has 0 saturated heterocycles. The van der Waals surface area contributed by atoms with Crippen molar-refractivity contribution in [1.82, 2.24) is 30.4 Å². The van der Waals surface area contributed by atoms with Crippen molar-refractivity contribution in [2.24, 2.45) is 0 Å². The molecular weight excluding hydrogens is 492 g/mol. The number of hydrogen-bond donors (Lipinski definition) is 2. The van der Waals surface area contributed by atoms with Crippen LogP contribution in [0.25, 0.3) is 45.6 Å². The highest BCUT2D eigenvalue weighted by molar-refractivity contribution is 5.69. The average Bonchev–Trinajstić information content (AvgIpc) is 3.70. The molecule has 6 heteroatoms. The standard InChI is InChI=1S/C34H40N6/c1-3-5-7-9-12-25-16-20-27(21-17-25)31-35-33(39-37-31)29-14-11-15-30(24-29)34-36-32(38-40-34)28-22-18-26(19-23-28)13-10-8-6-4-2/h11,14-24H,3-10,12-13H2,1-2H3,(H,35,37,39)(H,36,38,40). The summed E-state index contributed by atoms with van der Waals surface area (Å²) in [5, 5.41) is 15.2. The van der Waals surface area contributed by atoms with Crippen LogP contribution in [0.3, 0.4) is 0 Å². The van der Waals surface area contributed by atoms with Gasteiger partial charge in [0.1, 0.15) is 0 Å². The molecule has 6 nitrogen and oxygen atoms in total. The Morgan fingerprint density at radius 2 is 0.950 bits per heavy atom. The van der Waals surface area contributed by atoms with Crippen LogP contribution < -0.4 is 0 Å². The molecule has 0 bridgehead atoms. The van der Waals surface area contributed by atoms with Gasteiger partial charge in [0.2, 0.25) is 0 Å². The number of hydrogen-bond acceptors (Lipinski definition) is 4. The Morgan fingerprint density at radius 1 is 0.500 bits per heavy atom. The molecule has 2 heterocycles. The molecule has 0 aliphatic carbocycles. The van der Waals surface area contributed by atoms with Gasteiger partial charge in [0.25, 0.3) is 0 Å². The molecule has 0 amide bonds. The zero-order chi connectivity index (χ0) is 27.6. The van der Waals surface area contributed by atoms with Gasteiger partial charge in [-0.05, 0) is 42.9 Å². The number of nitrogens with zero attached hydrogens (tertiary/aromatic N) is 4. The summed E-state index contributed by atoms with van der Waals surface area (Å²) < 4.78 is 0. The van der Waals surface area contributed by atoms with Crippen LogP contribution >= 0.6 is 0 Å². The second-order valence-electron chi connectivity index (χ2n) is 10.6. The van der Waals surface area contributed by atoms with Crippen molar-refractivity contribution in [2.45, 2.75) is 78.1 Å². The second-order valence-corrected chi connectivity index (χ2v) is 10.6. The quantitative estimate of drug-likeness (QED) is 0.140. The van der Waals surface area contributed by atoms with Crippen molar-refractivity contribution in [2.75, 3.05) is 0 Å². The molecule has 5 rings (SSSR count). The summed E-state index contributed by atoms with van der Waals surface area (Å²) >= 11 is 0. The number of rotatable bonds is 14. The fourth-order valence-electron chi connectivity index (χ4n) is 5.01. The Bertz CT molecular complexity index is 1350. The average molecular weight is 533 g/mol. The molecular formula is C34H40N6. The Morgan fingerprint density at radius 3 is 1.38 bits per heavy atom. The first kappa shape index (κ1) is 27.5. The van der Waals surface area contributed by atoms with Gasteiger partial charge in [-0.1, -0.05) is 119 Å². The first-order valence-electron chi connectivity index (χ1n) is 14.9. The normalized spacial score (nSPS) is 11.2. The van der Waals surface area contributed by atoms with Gasteiger partial charge in [-0.2, -0.15) is 10.2 Å². The van der Waals surface area contributed by atoms with E-state index in [1.165, 1.54) is 62.5 Å². The molecule has 0 aliphatic heterocycles. The molecule has 0 aliphatic rings. The lowest BCUT2D eigenvalue weighted by Gasteiger charge is -2.03. The van der Waals surface area contributed by atoms with E-state index in [-0.39, 0.29) is 0 Å². The molecule has 5 aromatic rings. The Labute approximate surface area is 237 Å². The van der Waals surface area contributed by atoms with E-state index in [1.54, 1.807) is 0 Å². The van der Waals surface area contributed by atoms with Gasteiger partial charge in [0, 0.05) is 22.3 Å². The first-order chi connectivity index (χ1) is 19.7. The summed E-state index contributed by atoms with van der Waals surface area (Å²) in [6, 6.07) is 25.4. The lowest BCUT2D eigenvalue weighted by atomic mass is 10.0. The van der Waals surface area contributed by atoms with E-state index in [0.717, 1.165) is 46.7 Å². The van der Waals surface area contributed by atoms with Crippen molar-refractivity contribution in [1.29, 1.82) is 0 Å². The van der Waals surface area contributed by atoms with Crippen molar-refractivity contribution in [3.8, 4) is 45.6 Å². The van der Waals surface area contributed by atoms with Crippen molar-refractivity contribution in [3.63, 3.8) is 0 Å². The monoisotopic (exact) mass is 532 g/mol. The minimum Gasteiger partial charge on any atom is -0.259 e. The van der Waals surface area contributed by atoms with Crippen molar-refractivity contribution < 1.29 is 0 Å². The van der Waals surface area contributed by atoms with Gasteiger partial charge >= 0.3 is 0 Å². The van der Waals surface area contributed by atoms with E-state index in [4.69, 9.17) is 9.97 Å². The van der Waals surface area contributed by atoms with Crippen LogP contribution in [0.4, 0.5) is 0 Å². The smallest absolute Gasteiger partial charge is 0.181 e. The summed E-state index contributed by atoms with van der Waals surface area (Å²) in [6.07, 6.45) is 12.5. The third-order valence-electron chi connectivity index (χ3n) is 7.44. The van der Waals surface area contributed by atoms with Crippen LogP contribution in [0.1, 0.15) is 76.3 Å². The predicted octanol–water partition coefficient (Wildman–Crippen LogP) is 8.84. The first-order valence-corrected chi connectivity index (χ1v) is 14.9. The van der Waals surface area contributed by atoms with E-state index < -0.39 is 0 Å². The summed E-state index contributed by atoms with van der Waals surface area (Å²) in [4.78, 5) is 9.56. The molecule has 40 heavy (non-hydrogen) atoms. The van der Waals surface area contributed by atoms with E-state index in [2.05, 4.69) is 82.8 Å². The van der Waals surface area contributed by atoms with Crippen molar-refractivity contribution >= 4 is 0 Å². The van der Waals surface area contributed by atoms with Crippen LogP contribution in [0, 0.1) is 0 Å². The molecule has 0 atom stereocenters. The van der Waals surface area contributed by atoms with E-state index in [1.807, 2.05) is 24.3 Å². The third-order valence-corrected chi connectivity index (χ3v) is 7.44. The van der Waals surface area contributed by atoms with Crippen LogP contribution in [0.5, 0.6) is 0 Å². The molecule has 206 valence electrons. The zero-order valence-corrected chi connectivity index (χ0v) is 23.8. The van der Waals surface area contributed by atoms with Crippen LogP contribution in [0.15, 0.2) is 72.8 Å². The van der Waals surface area contributed by atoms with Crippen molar-refractivity contribution in [3.05, 3.63) is 83.9 Å². The van der Waals surface area contributed by atoms with Gasteiger partial charge in [-0.25, -0.2) is 9.97 Å². The number of benzene rings is 3. The van der Waals surface area contributed by atoms with Gasteiger partial charge in [0.05, 0.1) is 0 Å². The number of H-pyrrole nitrogens is 2. The highest BCUT2D eigenvalue weighted by Crippen LogP contribution is 2.26. The summed E-state index contributed by atoms with van der Waals surface area (Å²) in [5.41, 5.74) is 6.67. The Balaban J connectivity index is 1.24. The second kappa shape index (κ2) is 13.8. The Kier molecular flexibility index (Phi) is 9.51. The highest BCUT2D eigenvalue weighted by atomic mass is 15.2. The lowest BCUT2D eigenvalue weighted by molar-refractivity contribution is 0.667. The van der Waals surface area contributed by atoms with Crippen LogP contribution in [-0.2, 0) is 12.8 Å². The summed E-state index contributed by atoms with van der Waals surface area (Å²) in [6.45, 7) is 4.49. The minimum absolute atomic E-state index is 0.658. The topological polar surface area (TPSA) is 83.1 Å². The number of aromatic amines is 2. The summed E-state index contributed by atoms with van der Waals surface area (Å²) in [5.74, 6) is 2.86. The third kappa shape index (κ3) is 7.12. The molecule has 0 radical (unpaired) electrons. The fourth-order valence-corrected chi connectivity index (χ4v) is 5.01. The fraction of sp³-hybridized carbons (Fsp3) is 0.353. The minimum atomic E-state index is 0.658. The molecule has 0 saturated carbocycles. The van der Waals surface area contributed by atoms with Crippen LogP contribution in [-0.4, -0.2) is 30.4 Å². The number of unbranched alkanes of at least 4 members (excludes halogenated alkanes) is 6. The van der Waals surface area contributed by atoms with Gasteiger partial charge in [0.15, 0.2) is 23.3 Å². The maximum Gasteiger partial charge on any atom is 0.181 e. The molecule has 0 unspecified atom stereocenters. The molecule has 0 spiro atoms. The van der Waals surface area contributed by atoms with E-state index in [0.29, 0.717) is 11.6 Å².